The van der Waals surface area contributed by atoms with Crippen molar-refractivity contribution >= 4 is 22.9 Å². The zero-order valence-electron chi connectivity index (χ0n) is 5.32. The third-order valence-corrected chi connectivity index (χ3v) is 1.97. The zero-order chi connectivity index (χ0) is 6.41. The molecule has 0 aliphatic carbocycles. The first kappa shape index (κ1) is 8.43. The van der Waals surface area contributed by atoms with E-state index in [1.165, 1.54) is 0 Å². The Balaban J connectivity index is 3.10. The van der Waals surface area contributed by atoms with Crippen molar-refractivity contribution < 1.29 is 0 Å². The Morgan fingerprint density at radius 3 is 2.75 bits per heavy atom. The van der Waals surface area contributed by atoms with Crippen molar-refractivity contribution in [1.29, 1.82) is 0 Å². The molecule has 8 heavy (non-hydrogen) atoms. The molecule has 2 heteroatoms. The van der Waals surface area contributed by atoms with Crippen LogP contribution in [0.1, 0.15) is 20.3 Å². The van der Waals surface area contributed by atoms with Gasteiger partial charge in [-0.05, 0) is 20.3 Å². The molecule has 0 aromatic carbocycles. The summed E-state index contributed by atoms with van der Waals surface area (Å²) in [7, 11) is 0. The molecule has 0 spiro atoms. The lowest BCUT2D eigenvalue weighted by molar-refractivity contribution is 0.724. The smallest absolute Gasteiger partial charge is 0.0172 e. The zero-order valence-corrected chi connectivity index (χ0v) is 7.47. The van der Waals surface area contributed by atoms with Gasteiger partial charge in [0, 0.05) is 28.9 Å². The molecule has 48 valence electrons. The van der Waals surface area contributed by atoms with Crippen molar-refractivity contribution in [3.8, 4) is 0 Å². The van der Waals surface area contributed by atoms with E-state index in [2.05, 4.69) is 45.5 Å². The van der Waals surface area contributed by atoms with Crippen molar-refractivity contribution in [1.82, 2.24) is 3.53 Å². The van der Waals surface area contributed by atoms with Gasteiger partial charge in [0.25, 0.3) is 0 Å². The van der Waals surface area contributed by atoms with E-state index < -0.39 is 0 Å². The highest BCUT2D eigenvalue weighted by atomic mass is 127. The first-order valence-corrected chi connectivity index (χ1v) is 3.86. The number of halogens is 1. The van der Waals surface area contributed by atoms with Gasteiger partial charge >= 0.3 is 0 Å². The van der Waals surface area contributed by atoms with Crippen LogP contribution in [0.2, 0.25) is 0 Å². The second-order valence-electron chi connectivity index (χ2n) is 1.81. The summed E-state index contributed by atoms with van der Waals surface area (Å²) in [5.74, 6) is 0. The van der Waals surface area contributed by atoms with Crippen LogP contribution in [0.4, 0.5) is 0 Å². The van der Waals surface area contributed by atoms with Gasteiger partial charge < -0.3 is 0 Å². The third kappa shape index (κ3) is 4.59. The lowest BCUT2D eigenvalue weighted by Crippen LogP contribution is -2.13. The van der Waals surface area contributed by atoms with Crippen LogP contribution in [0.3, 0.4) is 0 Å². The topological polar surface area (TPSA) is 12.0 Å². The minimum absolute atomic E-state index is 0.604. The molecule has 1 atom stereocenters. The summed E-state index contributed by atoms with van der Waals surface area (Å²) in [6.07, 6.45) is 5.36. The largest absolute Gasteiger partial charge is 0.258 e. The van der Waals surface area contributed by atoms with E-state index in [-0.39, 0.29) is 0 Å². The quantitative estimate of drug-likeness (QED) is 0.441. The Labute approximate surface area is 65.0 Å². The van der Waals surface area contributed by atoms with Crippen LogP contribution in [0.15, 0.2) is 12.2 Å². The average molecular weight is 225 g/mol. The average Bonchev–Trinajstić information content (AvgIpc) is 1.83. The molecule has 1 N–H and O–H groups in total. The standard InChI is InChI=1S/C6H12IN/c1-3-4-5-6(2)8-7/h3-4,6,8H,5H2,1-2H3/b4-3+. The molecule has 0 amide bonds. The van der Waals surface area contributed by atoms with Crippen LogP contribution in [0.25, 0.3) is 0 Å². The summed E-state index contributed by atoms with van der Waals surface area (Å²) in [5, 5.41) is 0. The molecule has 1 nitrogen and oxygen atoms in total. The predicted octanol–water partition coefficient (Wildman–Crippen LogP) is 2.28. The second kappa shape index (κ2) is 5.56. The third-order valence-electron chi connectivity index (χ3n) is 0.912. The molecule has 0 radical (unpaired) electrons. The summed E-state index contributed by atoms with van der Waals surface area (Å²) in [4.78, 5) is 0. The molecule has 0 bridgehead atoms. The second-order valence-corrected chi connectivity index (χ2v) is 2.44. The summed E-state index contributed by atoms with van der Waals surface area (Å²) in [6.45, 7) is 4.20. The molecular formula is C6H12IN. The molecule has 1 unspecified atom stereocenters. The minimum Gasteiger partial charge on any atom is -0.258 e. The number of hydrogen-bond donors (Lipinski definition) is 1. The molecule has 0 fully saturated rings. The Morgan fingerprint density at radius 1 is 1.75 bits per heavy atom. The van der Waals surface area contributed by atoms with Crippen molar-refractivity contribution in [3.05, 3.63) is 12.2 Å². The van der Waals surface area contributed by atoms with E-state index in [1.807, 2.05) is 6.92 Å². The number of nitrogens with one attached hydrogen (secondary N) is 1. The van der Waals surface area contributed by atoms with E-state index in [1.54, 1.807) is 0 Å². The molecule has 0 aliphatic heterocycles. The van der Waals surface area contributed by atoms with Gasteiger partial charge in [-0.2, -0.15) is 0 Å². The van der Waals surface area contributed by atoms with Crippen LogP contribution >= 0.6 is 22.9 Å². The normalized spacial score (nSPS) is 14.9. The van der Waals surface area contributed by atoms with Crippen LogP contribution in [-0.2, 0) is 0 Å². The number of rotatable bonds is 3. The fourth-order valence-corrected chi connectivity index (χ4v) is 0.639. The van der Waals surface area contributed by atoms with Gasteiger partial charge in [0.05, 0.1) is 0 Å². The summed E-state index contributed by atoms with van der Waals surface area (Å²) >= 11 is 2.17. The Morgan fingerprint density at radius 2 is 2.38 bits per heavy atom. The highest BCUT2D eigenvalue weighted by Gasteiger charge is 1.91. The molecule has 0 heterocycles. The van der Waals surface area contributed by atoms with Gasteiger partial charge in [-0.3, -0.25) is 3.53 Å². The van der Waals surface area contributed by atoms with E-state index in [9.17, 15) is 0 Å². The Kier molecular flexibility index (Phi) is 5.86. The van der Waals surface area contributed by atoms with Gasteiger partial charge in [0.2, 0.25) is 0 Å². The van der Waals surface area contributed by atoms with Gasteiger partial charge in [-0.1, -0.05) is 12.2 Å². The monoisotopic (exact) mass is 225 g/mol. The van der Waals surface area contributed by atoms with Crippen LogP contribution in [0.5, 0.6) is 0 Å². The van der Waals surface area contributed by atoms with E-state index >= 15 is 0 Å². The fourth-order valence-electron chi connectivity index (χ4n) is 0.385. The van der Waals surface area contributed by atoms with Gasteiger partial charge in [0.15, 0.2) is 0 Å². The molecule has 0 saturated carbocycles. The number of hydrogen-bond acceptors (Lipinski definition) is 1. The first-order valence-electron chi connectivity index (χ1n) is 2.78. The van der Waals surface area contributed by atoms with E-state index in [0.717, 1.165) is 6.42 Å². The summed E-state index contributed by atoms with van der Waals surface area (Å²) < 4.78 is 3.12. The van der Waals surface area contributed by atoms with Gasteiger partial charge in [0.1, 0.15) is 0 Å². The van der Waals surface area contributed by atoms with E-state index in [4.69, 9.17) is 0 Å². The minimum atomic E-state index is 0.604. The first-order chi connectivity index (χ1) is 3.81. The van der Waals surface area contributed by atoms with Crippen LogP contribution in [0, 0.1) is 0 Å². The molecule has 0 saturated heterocycles. The lowest BCUT2D eigenvalue weighted by atomic mass is 10.2. The fraction of sp³-hybridized carbons (Fsp3) is 0.667. The highest BCUT2D eigenvalue weighted by Crippen LogP contribution is 1.93. The maximum Gasteiger partial charge on any atom is 0.0172 e. The van der Waals surface area contributed by atoms with Crippen molar-refractivity contribution in [2.24, 2.45) is 0 Å². The maximum absolute atomic E-state index is 3.12. The Hall–Kier alpha value is 0.430. The molecule has 0 aliphatic rings. The van der Waals surface area contributed by atoms with Crippen molar-refractivity contribution in [2.45, 2.75) is 26.3 Å². The van der Waals surface area contributed by atoms with Gasteiger partial charge in [-0.15, -0.1) is 0 Å². The summed E-state index contributed by atoms with van der Waals surface area (Å²) in [5.41, 5.74) is 0. The molecule has 0 rings (SSSR count). The SMILES string of the molecule is C/C=C/CC(C)NI. The number of allylic oxidation sites excluding steroid dienone is 1. The molecular weight excluding hydrogens is 213 g/mol. The Bertz CT molecular complexity index is 70.9. The molecule has 0 aromatic heterocycles. The predicted molar refractivity (Wildman–Crippen MR) is 46.0 cm³/mol. The van der Waals surface area contributed by atoms with Crippen molar-refractivity contribution in [3.63, 3.8) is 0 Å². The van der Waals surface area contributed by atoms with Crippen LogP contribution in [-0.4, -0.2) is 6.04 Å². The summed E-state index contributed by atoms with van der Waals surface area (Å²) in [6, 6.07) is 0.604. The van der Waals surface area contributed by atoms with Crippen molar-refractivity contribution in [2.75, 3.05) is 0 Å². The maximum atomic E-state index is 3.12. The highest BCUT2D eigenvalue weighted by molar-refractivity contribution is 14.1. The van der Waals surface area contributed by atoms with Gasteiger partial charge in [-0.25, -0.2) is 0 Å². The lowest BCUT2D eigenvalue weighted by Gasteiger charge is -2.01. The van der Waals surface area contributed by atoms with Crippen LogP contribution < -0.4 is 3.53 Å². The molecule has 0 aromatic rings. The van der Waals surface area contributed by atoms with E-state index in [0.29, 0.717) is 6.04 Å².